The number of nitrogens with one attached hydrogen (secondary N) is 1. The molecular weight excluding hydrogens is 314 g/mol. The fourth-order valence-electron chi connectivity index (χ4n) is 2.18. The molecule has 2 rings (SSSR count). The van der Waals surface area contributed by atoms with Crippen LogP contribution in [0.15, 0.2) is 29.2 Å². The van der Waals surface area contributed by atoms with Crippen LogP contribution >= 0.6 is 0 Å². The number of ketones is 1. The Kier molecular flexibility index (Phi) is 4.50. The van der Waals surface area contributed by atoms with Crippen molar-refractivity contribution < 1.29 is 21.6 Å². The molecule has 0 atom stereocenters. The number of carbonyl (C=O) groups excluding carboxylic acids is 1. The van der Waals surface area contributed by atoms with Crippen molar-refractivity contribution in [2.24, 2.45) is 0 Å². The molecule has 0 saturated carbocycles. The molecule has 1 fully saturated rings. The molecule has 6 nitrogen and oxygen atoms in total. The van der Waals surface area contributed by atoms with E-state index in [1.165, 1.54) is 25.1 Å². The summed E-state index contributed by atoms with van der Waals surface area (Å²) in [7, 11) is -6.78. The van der Waals surface area contributed by atoms with E-state index in [1.54, 1.807) is 6.07 Å². The molecule has 21 heavy (non-hydrogen) atoms. The number of rotatable bonds is 4. The summed E-state index contributed by atoms with van der Waals surface area (Å²) >= 11 is 0. The molecule has 1 aromatic rings. The van der Waals surface area contributed by atoms with E-state index in [2.05, 4.69) is 4.72 Å². The SMILES string of the molecule is CC(=O)c1cccc(S(=O)(=O)NC2CCS(=O)(=O)CC2)c1. The maximum atomic E-state index is 12.3. The molecule has 116 valence electrons. The van der Waals surface area contributed by atoms with Gasteiger partial charge in [-0.05, 0) is 31.9 Å². The van der Waals surface area contributed by atoms with Crippen molar-refractivity contribution in [1.29, 1.82) is 0 Å². The Morgan fingerprint density at radius 1 is 1.24 bits per heavy atom. The van der Waals surface area contributed by atoms with E-state index >= 15 is 0 Å². The average Bonchev–Trinajstić information content (AvgIpc) is 2.41. The highest BCUT2D eigenvalue weighted by Crippen LogP contribution is 2.17. The summed E-state index contributed by atoms with van der Waals surface area (Å²) in [5, 5.41) is 0. The largest absolute Gasteiger partial charge is 0.295 e. The van der Waals surface area contributed by atoms with Gasteiger partial charge in [0.15, 0.2) is 5.78 Å². The van der Waals surface area contributed by atoms with Gasteiger partial charge in [0.05, 0.1) is 16.4 Å². The van der Waals surface area contributed by atoms with Crippen LogP contribution in [0.5, 0.6) is 0 Å². The third-order valence-electron chi connectivity index (χ3n) is 3.43. The predicted octanol–water partition coefficient (Wildman–Crippen LogP) is 0.745. The number of hydrogen-bond donors (Lipinski definition) is 1. The van der Waals surface area contributed by atoms with Crippen LogP contribution in [0, 0.1) is 0 Å². The highest BCUT2D eigenvalue weighted by atomic mass is 32.2. The molecule has 0 bridgehead atoms. The minimum atomic E-state index is -3.75. The zero-order valence-electron chi connectivity index (χ0n) is 11.6. The van der Waals surface area contributed by atoms with Gasteiger partial charge in [-0.15, -0.1) is 0 Å². The molecule has 8 heteroatoms. The Hall–Kier alpha value is -1.25. The lowest BCUT2D eigenvalue weighted by atomic mass is 10.2. The standard InChI is InChI=1S/C13H17NO5S2/c1-10(15)11-3-2-4-13(9-11)21(18,19)14-12-5-7-20(16,17)8-6-12/h2-4,9,12,14H,5-8H2,1H3. The number of sulfone groups is 1. The first-order valence-electron chi connectivity index (χ1n) is 6.53. The fraction of sp³-hybridized carbons (Fsp3) is 0.462. The molecule has 1 aliphatic rings. The minimum absolute atomic E-state index is 0.00628. The van der Waals surface area contributed by atoms with Crippen molar-refractivity contribution in [3.63, 3.8) is 0 Å². The van der Waals surface area contributed by atoms with E-state index in [0.29, 0.717) is 5.56 Å². The molecular formula is C13H17NO5S2. The summed E-state index contributed by atoms with van der Waals surface area (Å²) in [6, 6.07) is 5.41. The lowest BCUT2D eigenvalue weighted by molar-refractivity contribution is 0.101. The zero-order valence-corrected chi connectivity index (χ0v) is 13.2. The summed E-state index contributed by atoms with van der Waals surface area (Å²) < 4.78 is 49.7. The van der Waals surface area contributed by atoms with Gasteiger partial charge in [-0.3, -0.25) is 4.79 Å². The van der Waals surface area contributed by atoms with Crippen molar-refractivity contribution in [1.82, 2.24) is 4.72 Å². The van der Waals surface area contributed by atoms with Crippen LogP contribution < -0.4 is 4.72 Å². The van der Waals surface area contributed by atoms with Crippen LogP contribution in [-0.4, -0.2) is 40.2 Å². The topological polar surface area (TPSA) is 97.4 Å². The molecule has 0 amide bonds. The van der Waals surface area contributed by atoms with E-state index in [1.807, 2.05) is 0 Å². The molecule has 0 aliphatic carbocycles. The Labute approximate surface area is 124 Å². The number of Topliss-reactive ketones (excluding diaryl/α,β-unsaturated/α-hetero) is 1. The van der Waals surface area contributed by atoms with Gasteiger partial charge in [0, 0.05) is 11.6 Å². The summed E-state index contributed by atoms with van der Waals surface area (Å²) in [6.07, 6.45) is 0.544. The van der Waals surface area contributed by atoms with Crippen LogP contribution in [0.25, 0.3) is 0 Å². The van der Waals surface area contributed by atoms with E-state index in [0.717, 1.165) is 0 Å². The first-order valence-corrected chi connectivity index (χ1v) is 9.84. The van der Waals surface area contributed by atoms with Crippen LogP contribution in [0.3, 0.4) is 0 Å². The van der Waals surface area contributed by atoms with E-state index < -0.39 is 19.9 Å². The summed E-state index contributed by atoms with van der Waals surface area (Å²) in [6.45, 7) is 1.37. The van der Waals surface area contributed by atoms with Gasteiger partial charge in [-0.2, -0.15) is 0 Å². The maximum absolute atomic E-state index is 12.3. The first-order chi connectivity index (χ1) is 9.70. The van der Waals surface area contributed by atoms with E-state index in [9.17, 15) is 21.6 Å². The Morgan fingerprint density at radius 3 is 2.43 bits per heavy atom. The third-order valence-corrected chi connectivity index (χ3v) is 6.66. The fourth-order valence-corrected chi connectivity index (χ4v) is 5.02. The third kappa shape index (κ3) is 4.12. The highest BCUT2D eigenvalue weighted by Gasteiger charge is 2.27. The summed E-state index contributed by atoms with van der Waals surface area (Å²) in [4.78, 5) is 11.3. The summed E-state index contributed by atoms with van der Waals surface area (Å²) in [5.41, 5.74) is 0.323. The van der Waals surface area contributed by atoms with Crippen LogP contribution in [0.2, 0.25) is 0 Å². The van der Waals surface area contributed by atoms with Crippen molar-refractivity contribution in [2.75, 3.05) is 11.5 Å². The molecule has 0 aromatic heterocycles. The van der Waals surface area contributed by atoms with Crippen LogP contribution in [0.4, 0.5) is 0 Å². The van der Waals surface area contributed by atoms with E-state index in [4.69, 9.17) is 0 Å². The van der Waals surface area contributed by atoms with Gasteiger partial charge in [0.25, 0.3) is 0 Å². The van der Waals surface area contributed by atoms with Gasteiger partial charge in [-0.1, -0.05) is 12.1 Å². The molecule has 1 N–H and O–H groups in total. The van der Waals surface area contributed by atoms with Gasteiger partial charge >= 0.3 is 0 Å². The second kappa shape index (κ2) is 5.86. The first kappa shape index (κ1) is 16.1. The van der Waals surface area contributed by atoms with Crippen molar-refractivity contribution in [3.05, 3.63) is 29.8 Å². The summed E-state index contributed by atoms with van der Waals surface area (Å²) in [5.74, 6) is -0.225. The number of sulfonamides is 1. The van der Waals surface area contributed by atoms with Crippen molar-refractivity contribution in [2.45, 2.75) is 30.7 Å². The smallest absolute Gasteiger partial charge is 0.240 e. The monoisotopic (exact) mass is 331 g/mol. The Balaban J connectivity index is 2.16. The molecule has 1 aliphatic heterocycles. The van der Waals surface area contributed by atoms with Crippen molar-refractivity contribution >= 4 is 25.6 Å². The average molecular weight is 331 g/mol. The van der Waals surface area contributed by atoms with Gasteiger partial charge in [0.1, 0.15) is 9.84 Å². The predicted molar refractivity (Wildman–Crippen MR) is 78.4 cm³/mol. The number of benzene rings is 1. The van der Waals surface area contributed by atoms with Crippen LogP contribution in [-0.2, 0) is 19.9 Å². The Morgan fingerprint density at radius 2 is 1.86 bits per heavy atom. The second-order valence-electron chi connectivity index (χ2n) is 5.13. The second-order valence-corrected chi connectivity index (χ2v) is 9.15. The van der Waals surface area contributed by atoms with Gasteiger partial charge < -0.3 is 0 Å². The molecule has 0 spiro atoms. The minimum Gasteiger partial charge on any atom is -0.295 e. The lowest BCUT2D eigenvalue weighted by Crippen LogP contribution is -2.40. The lowest BCUT2D eigenvalue weighted by Gasteiger charge is -2.22. The van der Waals surface area contributed by atoms with Crippen LogP contribution in [0.1, 0.15) is 30.1 Å². The molecule has 0 radical (unpaired) electrons. The normalized spacial score (nSPS) is 19.3. The highest BCUT2D eigenvalue weighted by molar-refractivity contribution is 7.91. The quantitative estimate of drug-likeness (QED) is 0.821. The molecule has 1 heterocycles. The molecule has 1 saturated heterocycles. The Bertz CT molecular complexity index is 739. The zero-order chi connectivity index (χ0) is 15.7. The molecule has 1 aromatic carbocycles. The number of hydrogen-bond acceptors (Lipinski definition) is 5. The number of carbonyl (C=O) groups is 1. The maximum Gasteiger partial charge on any atom is 0.240 e. The van der Waals surface area contributed by atoms with Gasteiger partial charge in [-0.25, -0.2) is 21.6 Å². The van der Waals surface area contributed by atoms with E-state index in [-0.39, 0.29) is 41.1 Å². The van der Waals surface area contributed by atoms with Crippen molar-refractivity contribution in [3.8, 4) is 0 Å². The van der Waals surface area contributed by atoms with Gasteiger partial charge in [0.2, 0.25) is 10.0 Å². The molecule has 0 unspecified atom stereocenters.